The van der Waals surface area contributed by atoms with Gasteiger partial charge in [-0.1, -0.05) is 30.3 Å². The lowest BCUT2D eigenvalue weighted by Gasteiger charge is -2.22. The van der Waals surface area contributed by atoms with Crippen LogP contribution in [0.15, 0.2) is 30.3 Å². The van der Waals surface area contributed by atoms with E-state index < -0.39 is 12.0 Å². The number of nitrogens with one attached hydrogen (secondary N) is 1. The van der Waals surface area contributed by atoms with Crippen LogP contribution in [-0.2, 0) is 11.2 Å². The number of carboxylic acids is 1. The van der Waals surface area contributed by atoms with Crippen molar-refractivity contribution in [1.82, 2.24) is 15.1 Å². The van der Waals surface area contributed by atoms with Crippen LogP contribution < -0.4 is 5.32 Å². The monoisotopic (exact) mass is 293 g/mol. The van der Waals surface area contributed by atoms with E-state index in [2.05, 4.69) is 5.32 Å². The third-order valence-corrected chi connectivity index (χ3v) is 3.11. The highest BCUT2D eigenvalue weighted by atomic mass is 16.4. The standard InChI is InChI=1S/C15H23N3O3/c1-17(2)9-10-18(3)15(21)16-13(14(19)20)11-12-7-5-4-6-8-12/h4-8,13H,9-11H2,1-3H3,(H,16,21)(H,19,20)/t13-/m1/s1. The molecule has 0 saturated carbocycles. The van der Waals surface area contributed by atoms with Crippen molar-refractivity contribution < 1.29 is 14.7 Å². The number of carboxylic acid groups (broad SMARTS) is 1. The fraction of sp³-hybridized carbons (Fsp3) is 0.467. The molecule has 0 bridgehead atoms. The molecule has 116 valence electrons. The predicted octanol–water partition coefficient (Wildman–Crippen LogP) is 0.885. The molecule has 0 heterocycles. The zero-order valence-corrected chi connectivity index (χ0v) is 12.7. The third-order valence-electron chi connectivity index (χ3n) is 3.11. The van der Waals surface area contributed by atoms with Crippen LogP contribution in [0, 0.1) is 0 Å². The van der Waals surface area contributed by atoms with E-state index in [4.69, 9.17) is 0 Å². The van der Waals surface area contributed by atoms with E-state index >= 15 is 0 Å². The number of aliphatic carboxylic acids is 1. The smallest absolute Gasteiger partial charge is 0.326 e. The average molecular weight is 293 g/mol. The second-order valence-corrected chi connectivity index (χ2v) is 5.25. The highest BCUT2D eigenvalue weighted by Crippen LogP contribution is 2.04. The number of benzene rings is 1. The lowest BCUT2D eigenvalue weighted by Crippen LogP contribution is -2.48. The number of nitrogens with zero attached hydrogens (tertiary/aromatic N) is 2. The summed E-state index contributed by atoms with van der Waals surface area (Å²) in [7, 11) is 5.49. The molecule has 0 aliphatic rings. The maximum Gasteiger partial charge on any atom is 0.326 e. The summed E-state index contributed by atoms with van der Waals surface area (Å²) in [6, 6.07) is 7.95. The first kappa shape index (κ1) is 17.0. The summed E-state index contributed by atoms with van der Waals surface area (Å²) in [6.07, 6.45) is 0.267. The Hall–Kier alpha value is -2.08. The van der Waals surface area contributed by atoms with Gasteiger partial charge >= 0.3 is 12.0 Å². The second-order valence-electron chi connectivity index (χ2n) is 5.25. The Morgan fingerprint density at radius 3 is 2.29 bits per heavy atom. The molecular weight excluding hydrogens is 270 g/mol. The van der Waals surface area contributed by atoms with Crippen molar-refractivity contribution >= 4 is 12.0 Å². The van der Waals surface area contributed by atoms with Crippen molar-refractivity contribution in [1.29, 1.82) is 0 Å². The Kier molecular flexibility index (Phi) is 6.68. The van der Waals surface area contributed by atoms with Gasteiger partial charge in [0.1, 0.15) is 6.04 Å². The van der Waals surface area contributed by atoms with Gasteiger partial charge in [0.2, 0.25) is 0 Å². The van der Waals surface area contributed by atoms with E-state index in [9.17, 15) is 14.7 Å². The van der Waals surface area contributed by atoms with Crippen molar-refractivity contribution in [3.05, 3.63) is 35.9 Å². The zero-order chi connectivity index (χ0) is 15.8. The largest absolute Gasteiger partial charge is 0.480 e. The van der Waals surface area contributed by atoms with E-state index in [1.807, 2.05) is 49.3 Å². The number of hydrogen-bond donors (Lipinski definition) is 2. The van der Waals surface area contributed by atoms with Crippen molar-refractivity contribution in [2.75, 3.05) is 34.2 Å². The zero-order valence-electron chi connectivity index (χ0n) is 12.7. The van der Waals surface area contributed by atoms with Crippen molar-refractivity contribution in [3.8, 4) is 0 Å². The molecule has 0 aliphatic heterocycles. The lowest BCUT2D eigenvalue weighted by atomic mass is 10.1. The summed E-state index contributed by atoms with van der Waals surface area (Å²) >= 11 is 0. The summed E-state index contributed by atoms with van der Waals surface area (Å²) in [5.74, 6) is -1.03. The summed E-state index contributed by atoms with van der Waals surface area (Å²) in [5, 5.41) is 11.8. The SMILES string of the molecule is CN(C)CCN(C)C(=O)N[C@H](Cc1ccccc1)C(=O)O. The van der Waals surface area contributed by atoms with Gasteiger partial charge in [0.15, 0.2) is 0 Å². The molecule has 1 rings (SSSR count). The Morgan fingerprint density at radius 2 is 1.76 bits per heavy atom. The molecule has 1 atom stereocenters. The topological polar surface area (TPSA) is 72.9 Å². The average Bonchev–Trinajstić information content (AvgIpc) is 2.44. The Bertz CT molecular complexity index is 462. The number of hydrogen-bond acceptors (Lipinski definition) is 3. The first-order chi connectivity index (χ1) is 9.90. The number of carbonyl (C=O) groups excluding carboxylic acids is 1. The molecule has 0 radical (unpaired) electrons. The van der Waals surface area contributed by atoms with Gasteiger partial charge in [-0.2, -0.15) is 0 Å². The van der Waals surface area contributed by atoms with Gasteiger partial charge in [-0.15, -0.1) is 0 Å². The number of amides is 2. The quantitative estimate of drug-likeness (QED) is 0.783. The Balaban J connectivity index is 2.58. The van der Waals surface area contributed by atoms with Crippen LogP contribution >= 0.6 is 0 Å². The van der Waals surface area contributed by atoms with Gasteiger partial charge < -0.3 is 20.2 Å². The minimum atomic E-state index is -1.03. The maximum absolute atomic E-state index is 12.0. The normalized spacial score (nSPS) is 12.0. The molecule has 0 aliphatic carbocycles. The fourth-order valence-corrected chi connectivity index (χ4v) is 1.76. The first-order valence-electron chi connectivity index (χ1n) is 6.83. The van der Waals surface area contributed by atoms with E-state index in [0.717, 1.165) is 12.1 Å². The van der Waals surface area contributed by atoms with Crippen LogP contribution in [0.2, 0.25) is 0 Å². The van der Waals surface area contributed by atoms with E-state index in [1.54, 1.807) is 7.05 Å². The van der Waals surface area contributed by atoms with E-state index in [-0.39, 0.29) is 12.5 Å². The molecule has 6 nitrogen and oxygen atoms in total. The summed E-state index contributed by atoms with van der Waals surface area (Å²) in [4.78, 5) is 26.7. The molecule has 0 spiro atoms. The molecule has 2 N–H and O–H groups in total. The maximum atomic E-state index is 12.0. The molecular formula is C15H23N3O3. The van der Waals surface area contributed by atoms with Gasteiger partial charge in [0, 0.05) is 26.6 Å². The molecule has 0 aromatic heterocycles. The van der Waals surface area contributed by atoms with Crippen LogP contribution in [0.25, 0.3) is 0 Å². The first-order valence-corrected chi connectivity index (χ1v) is 6.83. The minimum absolute atomic E-state index is 0.267. The summed E-state index contributed by atoms with van der Waals surface area (Å²) in [6.45, 7) is 1.26. The number of rotatable bonds is 7. The lowest BCUT2D eigenvalue weighted by molar-refractivity contribution is -0.139. The highest BCUT2D eigenvalue weighted by molar-refractivity contribution is 5.82. The summed E-state index contributed by atoms with van der Waals surface area (Å²) in [5.41, 5.74) is 0.876. The van der Waals surface area contributed by atoms with Gasteiger partial charge in [-0.05, 0) is 19.7 Å². The molecule has 2 amide bonds. The van der Waals surface area contributed by atoms with Crippen molar-refractivity contribution in [3.63, 3.8) is 0 Å². The third kappa shape index (κ3) is 6.27. The molecule has 0 unspecified atom stereocenters. The molecule has 1 aromatic rings. The molecule has 21 heavy (non-hydrogen) atoms. The Morgan fingerprint density at radius 1 is 1.14 bits per heavy atom. The fourth-order valence-electron chi connectivity index (χ4n) is 1.76. The van der Waals surface area contributed by atoms with Crippen molar-refractivity contribution in [2.45, 2.75) is 12.5 Å². The molecule has 1 aromatic carbocycles. The number of urea groups is 1. The van der Waals surface area contributed by atoms with Crippen LogP contribution in [0.1, 0.15) is 5.56 Å². The van der Waals surface area contributed by atoms with Gasteiger partial charge in [-0.25, -0.2) is 9.59 Å². The Labute approximate surface area is 125 Å². The van der Waals surface area contributed by atoms with E-state index in [1.165, 1.54) is 4.90 Å². The van der Waals surface area contributed by atoms with Gasteiger partial charge in [0.25, 0.3) is 0 Å². The second kappa shape index (κ2) is 8.26. The van der Waals surface area contributed by atoms with Gasteiger partial charge in [-0.3, -0.25) is 0 Å². The van der Waals surface area contributed by atoms with Crippen molar-refractivity contribution in [2.24, 2.45) is 0 Å². The van der Waals surface area contributed by atoms with Crippen LogP contribution in [0.4, 0.5) is 4.79 Å². The molecule has 0 fully saturated rings. The minimum Gasteiger partial charge on any atom is -0.480 e. The number of likely N-dealkylation sites (N-methyl/N-ethyl adjacent to an activating group) is 2. The number of carbonyl (C=O) groups is 2. The van der Waals surface area contributed by atoms with Crippen LogP contribution in [0.3, 0.4) is 0 Å². The summed E-state index contributed by atoms with van der Waals surface area (Å²) < 4.78 is 0. The van der Waals surface area contributed by atoms with Crippen LogP contribution in [-0.4, -0.2) is 67.2 Å². The van der Waals surface area contributed by atoms with E-state index in [0.29, 0.717) is 6.54 Å². The predicted molar refractivity (Wildman–Crippen MR) is 81.3 cm³/mol. The van der Waals surface area contributed by atoms with Crippen LogP contribution in [0.5, 0.6) is 0 Å². The highest BCUT2D eigenvalue weighted by Gasteiger charge is 2.22. The molecule has 6 heteroatoms. The molecule has 0 saturated heterocycles. The van der Waals surface area contributed by atoms with Gasteiger partial charge in [0.05, 0.1) is 0 Å².